The molecule has 0 fully saturated rings. The van der Waals surface area contributed by atoms with Crippen molar-refractivity contribution in [2.75, 3.05) is 5.73 Å². The number of anilines is 1. The first-order chi connectivity index (χ1) is 11.3. The van der Waals surface area contributed by atoms with Crippen LogP contribution in [0.2, 0.25) is 0 Å². The summed E-state index contributed by atoms with van der Waals surface area (Å²) < 4.78 is 16.4. The Hall–Kier alpha value is -2.25. The van der Waals surface area contributed by atoms with Crippen molar-refractivity contribution in [1.29, 1.82) is 0 Å². The smallest absolute Gasteiger partial charge is 0.391 e. The number of carbonyl (C=O) groups is 1. The van der Waals surface area contributed by atoms with Crippen molar-refractivity contribution in [2.24, 2.45) is 0 Å². The molecule has 0 spiro atoms. The van der Waals surface area contributed by atoms with Crippen LogP contribution in [0.1, 0.15) is 20.8 Å². The summed E-state index contributed by atoms with van der Waals surface area (Å²) in [7, 11) is -4.52. The third kappa shape index (κ3) is 3.18. The van der Waals surface area contributed by atoms with Gasteiger partial charge in [-0.25, -0.2) is 4.98 Å². The molecule has 3 aromatic rings. The fraction of sp³-hybridized carbons (Fsp3) is 0.0667. The van der Waals surface area contributed by atoms with Gasteiger partial charge >= 0.3 is 7.60 Å². The molecule has 124 valence electrons. The van der Waals surface area contributed by atoms with Crippen molar-refractivity contribution in [3.8, 4) is 11.5 Å². The minimum atomic E-state index is -4.52. The maximum absolute atomic E-state index is 12.7. The fourth-order valence-corrected chi connectivity index (χ4v) is 3.47. The highest BCUT2D eigenvalue weighted by Crippen LogP contribution is 2.37. The standard InChI is InChI=1S/C15H13N2O5PS/c1-8-3-2-4-9(7-8)13(18)14-12(17-15(16)24-14)10-5-6-11(22-10)23(19,20)21/h2-7H,1H3,(H2,16,17)(H2,19,20,21). The molecule has 0 radical (unpaired) electrons. The molecular weight excluding hydrogens is 351 g/mol. The van der Waals surface area contributed by atoms with Gasteiger partial charge in [0.15, 0.2) is 10.9 Å². The second-order valence-corrected chi connectivity index (χ2v) is 7.67. The van der Waals surface area contributed by atoms with E-state index in [1.165, 1.54) is 6.07 Å². The minimum absolute atomic E-state index is 0.0808. The third-order valence-electron chi connectivity index (χ3n) is 3.24. The van der Waals surface area contributed by atoms with Gasteiger partial charge in [0.25, 0.3) is 0 Å². The number of hydrogen-bond acceptors (Lipinski definition) is 6. The molecule has 0 saturated heterocycles. The highest BCUT2D eigenvalue weighted by Gasteiger charge is 2.26. The van der Waals surface area contributed by atoms with Crippen molar-refractivity contribution in [1.82, 2.24) is 4.98 Å². The molecule has 2 heterocycles. The zero-order chi connectivity index (χ0) is 17.5. The molecule has 1 aromatic carbocycles. The van der Waals surface area contributed by atoms with E-state index in [4.69, 9.17) is 19.9 Å². The topological polar surface area (TPSA) is 127 Å². The van der Waals surface area contributed by atoms with Crippen LogP contribution in [-0.2, 0) is 4.57 Å². The van der Waals surface area contributed by atoms with Crippen LogP contribution in [0, 0.1) is 6.92 Å². The van der Waals surface area contributed by atoms with Gasteiger partial charge in [0.2, 0.25) is 11.3 Å². The first-order valence-corrected chi connectivity index (χ1v) is 9.22. The van der Waals surface area contributed by atoms with Crippen molar-refractivity contribution in [2.45, 2.75) is 6.92 Å². The number of ketones is 1. The Morgan fingerprint density at radius 2 is 2.04 bits per heavy atom. The monoisotopic (exact) mass is 364 g/mol. The second-order valence-electron chi connectivity index (χ2n) is 5.11. The minimum Gasteiger partial charge on any atom is -0.446 e. The summed E-state index contributed by atoms with van der Waals surface area (Å²) in [6, 6.07) is 9.58. The number of carbonyl (C=O) groups excluding carboxylic acids is 1. The number of benzene rings is 1. The van der Waals surface area contributed by atoms with E-state index < -0.39 is 13.1 Å². The van der Waals surface area contributed by atoms with Crippen LogP contribution >= 0.6 is 18.9 Å². The summed E-state index contributed by atoms with van der Waals surface area (Å²) in [5.41, 5.74) is 6.80. The molecule has 4 N–H and O–H groups in total. The van der Waals surface area contributed by atoms with Crippen LogP contribution in [0.5, 0.6) is 0 Å². The molecule has 0 amide bonds. The molecule has 7 nitrogen and oxygen atoms in total. The first kappa shape index (κ1) is 16.6. The molecule has 0 atom stereocenters. The zero-order valence-electron chi connectivity index (χ0n) is 12.5. The fourth-order valence-electron chi connectivity index (χ4n) is 2.19. The van der Waals surface area contributed by atoms with Gasteiger partial charge in [0.1, 0.15) is 10.6 Å². The van der Waals surface area contributed by atoms with Crippen LogP contribution < -0.4 is 11.2 Å². The molecule has 0 aliphatic heterocycles. The zero-order valence-corrected chi connectivity index (χ0v) is 14.2. The summed E-state index contributed by atoms with van der Waals surface area (Å²) in [4.78, 5) is 35.4. The van der Waals surface area contributed by atoms with Crippen molar-refractivity contribution >= 4 is 35.3 Å². The molecule has 0 aliphatic rings. The van der Waals surface area contributed by atoms with E-state index in [2.05, 4.69) is 4.98 Å². The highest BCUT2D eigenvalue weighted by molar-refractivity contribution is 7.59. The van der Waals surface area contributed by atoms with Gasteiger partial charge < -0.3 is 19.9 Å². The second kappa shape index (κ2) is 5.99. The maximum Gasteiger partial charge on any atom is 0.391 e. The van der Waals surface area contributed by atoms with Crippen molar-refractivity contribution < 1.29 is 23.6 Å². The number of nitrogen functional groups attached to an aromatic ring is 1. The Morgan fingerprint density at radius 3 is 2.67 bits per heavy atom. The number of aryl methyl sites for hydroxylation is 1. The van der Waals surface area contributed by atoms with Gasteiger partial charge in [0.05, 0.1) is 0 Å². The Labute approximate surface area is 140 Å². The lowest BCUT2D eigenvalue weighted by Crippen LogP contribution is -2.01. The predicted octanol–water partition coefficient (Wildman–Crippen LogP) is 2.33. The van der Waals surface area contributed by atoms with E-state index >= 15 is 0 Å². The maximum atomic E-state index is 12.7. The largest absolute Gasteiger partial charge is 0.446 e. The lowest BCUT2D eigenvalue weighted by atomic mass is 10.1. The van der Waals surface area contributed by atoms with Gasteiger partial charge in [-0.05, 0) is 25.1 Å². The van der Waals surface area contributed by atoms with Gasteiger partial charge in [-0.3, -0.25) is 9.36 Å². The van der Waals surface area contributed by atoms with E-state index in [-0.39, 0.29) is 27.2 Å². The molecule has 3 rings (SSSR count). The number of rotatable bonds is 4. The molecule has 0 saturated carbocycles. The van der Waals surface area contributed by atoms with E-state index in [0.29, 0.717) is 5.56 Å². The summed E-state index contributed by atoms with van der Waals surface area (Å²) in [6.07, 6.45) is 0. The summed E-state index contributed by atoms with van der Waals surface area (Å²) in [5.74, 6) is -0.200. The first-order valence-electron chi connectivity index (χ1n) is 6.79. The lowest BCUT2D eigenvalue weighted by Gasteiger charge is -2.02. The third-order valence-corrected chi connectivity index (χ3v) is 4.94. The summed E-state index contributed by atoms with van der Waals surface area (Å²) in [6.45, 7) is 1.87. The van der Waals surface area contributed by atoms with Crippen molar-refractivity contribution in [3.05, 3.63) is 52.4 Å². The summed E-state index contributed by atoms with van der Waals surface area (Å²) in [5, 5.41) is 0.162. The normalized spacial score (nSPS) is 11.6. The highest BCUT2D eigenvalue weighted by atomic mass is 32.1. The van der Waals surface area contributed by atoms with Crippen LogP contribution in [0.4, 0.5) is 5.13 Å². The Balaban J connectivity index is 2.07. The summed E-state index contributed by atoms with van der Waals surface area (Å²) >= 11 is 0.998. The van der Waals surface area contributed by atoms with E-state index in [1.54, 1.807) is 18.2 Å². The number of thiazole rings is 1. The molecular formula is C15H13N2O5PS. The van der Waals surface area contributed by atoms with E-state index in [9.17, 15) is 9.36 Å². The van der Waals surface area contributed by atoms with E-state index in [0.717, 1.165) is 23.0 Å². The Bertz CT molecular complexity index is 972. The Morgan fingerprint density at radius 1 is 1.29 bits per heavy atom. The van der Waals surface area contributed by atoms with Crippen LogP contribution in [0.25, 0.3) is 11.5 Å². The lowest BCUT2D eigenvalue weighted by molar-refractivity contribution is 0.104. The van der Waals surface area contributed by atoms with Crippen LogP contribution in [0.3, 0.4) is 0 Å². The van der Waals surface area contributed by atoms with Gasteiger partial charge in [0, 0.05) is 5.56 Å². The molecule has 9 heteroatoms. The van der Waals surface area contributed by atoms with Gasteiger partial charge in [-0.15, -0.1) is 0 Å². The van der Waals surface area contributed by atoms with Gasteiger partial charge in [-0.1, -0.05) is 35.1 Å². The van der Waals surface area contributed by atoms with Gasteiger partial charge in [-0.2, -0.15) is 0 Å². The van der Waals surface area contributed by atoms with Crippen LogP contribution in [0.15, 0.2) is 40.8 Å². The molecule has 2 aromatic heterocycles. The average molecular weight is 364 g/mol. The predicted molar refractivity (Wildman–Crippen MR) is 90.5 cm³/mol. The number of furan rings is 1. The SMILES string of the molecule is Cc1cccc(C(=O)c2sc(N)nc2-c2ccc(P(=O)(O)O)o2)c1. The molecule has 24 heavy (non-hydrogen) atoms. The quantitative estimate of drug-likeness (QED) is 0.479. The average Bonchev–Trinajstić information content (AvgIpc) is 3.12. The molecule has 0 aliphatic carbocycles. The number of nitrogens with two attached hydrogens (primary N) is 1. The van der Waals surface area contributed by atoms with Crippen LogP contribution in [-0.4, -0.2) is 20.6 Å². The van der Waals surface area contributed by atoms with Crippen molar-refractivity contribution in [3.63, 3.8) is 0 Å². The number of hydrogen-bond donors (Lipinski definition) is 3. The molecule has 0 unspecified atom stereocenters. The molecule has 0 bridgehead atoms. The number of nitrogens with zero attached hydrogens (tertiary/aromatic N) is 1. The number of aromatic nitrogens is 1. The Kier molecular flexibility index (Phi) is 4.15. The van der Waals surface area contributed by atoms with E-state index in [1.807, 2.05) is 13.0 Å².